The van der Waals surface area contributed by atoms with Gasteiger partial charge in [0.25, 0.3) is 5.91 Å². The molecule has 0 saturated carbocycles. The largest absolute Gasteiger partial charge is 0.356 e. The highest BCUT2D eigenvalue weighted by atomic mass is 79.9. The van der Waals surface area contributed by atoms with Crippen molar-refractivity contribution in [2.24, 2.45) is 0 Å². The Bertz CT molecular complexity index is 1450. The normalized spacial score (nSPS) is 21.6. The number of H-pyrrole nitrogens is 1. The molecule has 0 radical (unpaired) electrons. The molecule has 2 aliphatic heterocycles. The molecule has 2 aliphatic rings. The van der Waals surface area contributed by atoms with Gasteiger partial charge in [0, 0.05) is 34.4 Å². The third kappa shape index (κ3) is 3.66. The fourth-order valence-electron chi connectivity index (χ4n) is 5.97. The number of rotatable bonds is 5. The van der Waals surface area contributed by atoms with E-state index in [1.165, 1.54) is 5.56 Å². The fourth-order valence-corrected chi connectivity index (χ4v) is 6.23. The van der Waals surface area contributed by atoms with E-state index in [4.69, 9.17) is 0 Å². The summed E-state index contributed by atoms with van der Waals surface area (Å²) in [5.74, 6) is -0.0147. The zero-order valence-corrected chi connectivity index (χ0v) is 21.8. The zero-order valence-electron chi connectivity index (χ0n) is 20.2. The maximum absolute atomic E-state index is 14.1. The highest BCUT2D eigenvalue weighted by molar-refractivity contribution is 9.10. The number of benzene rings is 3. The average molecular weight is 542 g/mol. The van der Waals surface area contributed by atoms with Crippen molar-refractivity contribution < 1.29 is 9.59 Å². The van der Waals surface area contributed by atoms with Gasteiger partial charge < -0.3 is 14.8 Å². The predicted molar refractivity (Wildman–Crippen MR) is 145 cm³/mol. The molecule has 6 rings (SSSR count). The molecule has 2 amide bonds. The van der Waals surface area contributed by atoms with E-state index in [-0.39, 0.29) is 24.3 Å². The lowest BCUT2D eigenvalue weighted by atomic mass is 9.76. The fraction of sp³-hybridized carbons (Fsp3) is 0.267. The van der Waals surface area contributed by atoms with Crippen LogP contribution in [-0.2, 0) is 21.5 Å². The molecule has 0 aliphatic carbocycles. The van der Waals surface area contributed by atoms with Crippen LogP contribution in [0.2, 0.25) is 0 Å². The number of fused-ring (bicyclic) bond motifs is 5. The van der Waals surface area contributed by atoms with Crippen molar-refractivity contribution in [3.8, 4) is 0 Å². The molecule has 3 heterocycles. The first-order chi connectivity index (χ1) is 17.5. The Kier molecular flexibility index (Phi) is 5.72. The van der Waals surface area contributed by atoms with E-state index in [1.807, 2.05) is 60.4 Å². The summed E-state index contributed by atoms with van der Waals surface area (Å²) in [6, 6.07) is 26.8. The van der Waals surface area contributed by atoms with Gasteiger partial charge in [0.1, 0.15) is 0 Å². The van der Waals surface area contributed by atoms with Gasteiger partial charge in [-0.15, -0.1) is 0 Å². The summed E-state index contributed by atoms with van der Waals surface area (Å²) in [5, 5.41) is 1.11. The lowest BCUT2D eigenvalue weighted by molar-refractivity contribution is -0.166. The third-order valence-electron chi connectivity index (χ3n) is 7.83. The molecule has 1 fully saturated rings. The Morgan fingerprint density at radius 3 is 2.47 bits per heavy atom. The third-order valence-corrected chi connectivity index (χ3v) is 8.35. The summed E-state index contributed by atoms with van der Waals surface area (Å²) in [4.78, 5) is 34.8. The van der Waals surface area contributed by atoms with E-state index in [9.17, 15) is 9.59 Å². The first kappa shape index (κ1) is 23.0. The minimum atomic E-state index is -1.05. The quantitative estimate of drug-likeness (QED) is 0.357. The van der Waals surface area contributed by atoms with E-state index in [0.29, 0.717) is 13.1 Å². The summed E-state index contributed by atoms with van der Waals surface area (Å²) in [6.07, 6.45) is 1.70. The van der Waals surface area contributed by atoms with Gasteiger partial charge >= 0.3 is 0 Å². The van der Waals surface area contributed by atoms with Gasteiger partial charge in [0.2, 0.25) is 5.91 Å². The van der Waals surface area contributed by atoms with Crippen LogP contribution in [0.15, 0.2) is 83.3 Å². The van der Waals surface area contributed by atoms with E-state index in [0.717, 1.165) is 45.0 Å². The molecule has 36 heavy (non-hydrogen) atoms. The van der Waals surface area contributed by atoms with Crippen LogP contribution in [0.5, 0.6) is 0 Å². The Labute approximate surface area is 219 Å². The van der Waals surface area contributed by atoms with Crippen LogP contribution in [0.3, 0.4) is 0 Å². The van der Waals surface area contributed by atoms with E-state index in [1.54, 1.807) is 4.90 Å². The number of hydrogen-bond acceptors (Lipinski definition) is 2. The maximum atomic E-state index is 14.1. The number of aryl methyl sites for hydroxylation is 1. The molecule has 1 saturated heterocycles. The Morgan fingerprint density at radius 1 is 0.972 bits per heavy atom. The number of nitrogens with zero attached hydrogens (tertiary/aromatic N) is 2. The first-order valence-corrected chi connectivity index (χ1v) is 13.3. The molecule has 1 aromatic heterocycles. The van der Waals surface area contributed by atoms with Crippen LogP contribution in [0.4, 0.5) is 0 Å². The van der Waals surface area contributed by atoms with Gasteiger partial charge in [-0.2, -0.15) is 0 Å². The molecular weight excluding hydrogens is 514 g/mol. The van der Waals surface area contributed by atoms with Crippen LogP contribution >= 0.6 is 15.9 Å². The van der Waals surface area contributed by atoms with Crippen molar-refractivity contribution in [1.29, 1.82) is 0 Å². The minimum Gasteiger partial charge on any atom is -0.356 e. The summed E-state index contributed by atoms with van der Waals surface area (Å²) < 4.78 is 1.02. The van der Waals surface area contributed by atoms with Crippen LogP contribution in [0.1, 0.15) is 41.6 Å². The molecule has 182 valence electrons. The molecule has 0 bridgehead atoms. The number of para-hydroxylation sites is 1. The van der Waals surface area contributed by atoms with Gasteiger partial charge in [-0.3, -0.25) is 9.59 Å². The molecular formula is C30H28BrN3O2. The van der Waals surface area contributed by atoms with Crippen molar-refractivity contribution >= 4 is 38.6 Å². The van der Waals surface area contributed by atoms with Crippen molar-refractivity contribution in [2.75, 3.05) is 19.6 Å². The molecule has 2 unspecified atom stereocenters. The molecule has 0 spiro atoms. The van der Waals surface area contributed by atoms with Crippen LogP contribution in [0.25, 0.3) is 10.9 Å². The molecule has 5 nitrogen and oxygen atoms in total. The van der Waals surface area contributed by atoms with Gasteiger partial charge in [-0.05, 0) is 54.7 Å². The highest BCUT2D eigenvalue weighted by Gasteiger charge is 2.56. The van der Waals surface area contributed by atoms with Gasteiger partial charge in [0.15, 0.2) is 5.54 Å². The van der Waals surface area contributed by atoms with Crippen LogP contribution in [0, 0.1) is 0 Å². The zero-order chi connectivity index (χ0) is 24.9. The van der Waals surface area contributed by atoms with E-state index >= 15 is 0 Å². The molecule has 3 aromatic carbocycles. The average Bonchev–Trinajstić information content (AvgIpc) is 3.29. The molecule has 6 heteroatoms. The van der Waals surface area contributed by atoms with Crippen LogP contribution < -0.4 is 0 Å². The number of carbonyl (C=O) groups is 2. The predicted octanol–water partition coefficient (Wildman–Crippen LogP) is 5.59. The van der Waals surface area contributed by atoms with Crippen molar-refractivity contribution in [2.45, 2.75) is 31.2 Å². The van der Waals surface area contributed by atoms with E-state index in [2.05, 4.69) is 51.2 Å². The smallest absolute Gasteiger partial charge is 0.254 e. The second kappa shape index (κ2) is 8.93. The van der Waals surface area contributed by atoms with Crippen molar-refractivity contribution in [1.82, 2.24) is 14.8 Å². The lowest BCUT2D eigenvalue weighted by Gasteiger charge is -2.51. The summed E-state index contributed by atoms with van der Waals surface area (Å²) >= 11 is 3.54. The standard InChI is InChI=1S/C30H28BrN3O2/c1-30-28-27(23-11-5-6-12-25(23)32-28)24(21-13-15-22(31)16-14-21)18-34(30)26(35)19-33(29(30)36)17-7-10-20-8-3-2-4-9-20/h2-6,8-9,11-16,24,32H,7,10,17-19H2,1H3. The second-order valence-corrected chi connectivity index (χ2v) is 10.9. The number of amides is 2. The maximum Gasteiger partial charge on any atom is 0.254 e. The van der Waals surface area contributed by atoms with Crippen LogP contribution in [-0.4, -0.2) is 46.2 Å². The highest BCUT2D eigenvalue weighted by Crippen LogP contribution is 2.48. The number of aromatic amines is 1. The van der Waals surface area contributed by atoms with E-state index < -0.39 is 5.54 Å². The van der Waals surface area contributed by atoms with Crippen molar-refractivity contribution in [3.63, 3.8) is 0 Å². The Balaban J connectivity index is 1.39. The van der Waals surface area contributed by atoms with Gasteiger partial charge in [0.05, 0.1) is 12.2 Å². The van der Waals surface area contributed by atoms with Gasteiger partial charge in [-0.25, -0.2) is 0 Å². The summed E-state index contributed by atoms with van der Waals surface area (Å²) in [6.45, 7) is 3.10. The second-order valence-electron chi connectivity index (χ2n) is 9.96. The molecule has 2 atom stereocenters. The topological polar surface area (TPSA) is 56.4 Å². The lowest BCUT2D eigenvalue weighted by Crippen LogP contribution is -2.67. The SMILES string of the molecule is CC12C(=O)N(CCCc3ccccc3)CC(=O)N1CC(c1ccc(Br)cc1)c1c2[nH]c2ccccc12. The minimum absolute atomic E-state index is 0.00257. The number of halogens is 1. The number of aromatic nitrogens is 1. The first-order valence-electron chi connectivity index (χ1n) is 12.5. The van der Waals surface area contributed by atoms with Crippen molar-refractivity contribution in [3.05, 3.63) is 106 Å². The molecule has 1 N–H and O–H groups in total. The Morgan fingerprint density at radius 2 is 1.69 bits per heavy atom. The number of hydrogen-bond donors (Lipinski definition) is 1. The number of piperazine rings is 1. The molecule has 4 aromatic rings. The summed E-state index contributed by atoms with van der Waals surface area (Å²) in [5.41, 5.74) is 4.29. The summed E-state index contributed by atoms with van der Waals surface area (Å²) in [7, 11) is 0. The monoisotopic (exact) mass is 541 g/mol. The Hall–Kier alpha value is -3.38. The number of nitrogens with one attached hydrogen (secondary N) is 1. The van der Waals surface area contributed by atoms with Gasteiger partial charge in [-0.1, -0.05) is 76.6 Å². The number of carbonyl (C=O) groups excluding carboxylic acids is 2.